The van der Waals surface area contributed by atoms with Crippen molar-refractivity contribution in [2.75, 3.05) is 32.8 Å². The Morgan fingerprint density at radius 3 is 2.71 bits per heavy atom. The normalized spacial score (nSPS) is 22.6. The van der Waals surface area contributed by atoms with Gasteiger partial charge >= 0.3 is 6.09 Å². The maximum Gasteiger partial charge on any atom is 0.409 e. The summed E-state index contributed by atoms with van der Waals surface area (Å²) in [5, 5.41) is 8.88. The number of aromatic nitrogens is 3. The van der Waals surface area contributed by atoms with Gasteiger partial charge in [0, 0.05) is 26.1 Å². The number of nitrogens with zero attached hydrogens (tertiary/aromatic N) is 5. The van der Waals surface area contributed by atoms with Gasteiger partial charge in [-0.15, -0.1) is 10.2 Å². The zero-order chi connectivity index (χ0) is 16.9. The van der Waals surface area contributed by atoms with Gasteiger partial charge in [-0.25, -0.2) is 4.79 Å². The lowest BCUT2D eigenvalue weighted by molar-refractivity contribution is 0.0949. The van der Waals surface area contributed by atoms with E-state index in [4.69, 9.17) is 4.74 Å². The first-order chi connectivity index (χ1) is 11.7. The molecule has 1 amide bonds. The lowest BCUT2D eigenvalue weighted by Crippen LogP contribution is -2.40. The summed E-state index contributed by atoms with van der Waals surface area (Å²) in [5.74, 6) is 2.27. The molecular weight excluding hydrogens is 306 g/mol. The number of hydrogen-bond donors (Lipinski definition) is 0. The van der Waals surface area contributed by atoms with E-state index < -0.39 is 0 Å². The van der Waals surface area contributed by atoms with E-state index in [-0.39, 0.29) is 12.0 Å². The van der Waals surface area contributed by atoms with E-state index in [1.807, 2.05) is 6.92 Å². The van der Waals surface area contributed by atoms with Crippen LogP contribution in [0.5, 0.6) is 0 Å². The molecule has 1 aromatic rings. The molecule has 0 aliphatic carbocycles. The van der Waals surface area contributed by atoms with E-state index in [0.29, 0.717) is 13.2 Å². The highest BCUT2D eigenvalue weighted by molar-refractivity contribution is 5.67. The van der Waals surface area contributed by atoms with Crippen LogP contribution in [0.3, 0.4) is 0 Å². The lowest BCUT2D eigenvalue weighted by Gasteiger charge is -2.31. The molecule has 2 aliphatic rings. The topological polar surface area (TPSA) is 63.5 Å². The van der Waals surface area contributed by atoms with Gasteiger partial charge in [-0.1, -0.05) is 6.42 Å². The summed E-state index contributed by atoms with van der Waals surface area (Å²) in [7, 11) is 2.05. The van der Waals surface area contributed by atoms with Crippen LogP contribution in [-0.2, 0) is 18.3 Å². The Morgan fingerprint density at radius 2 is 1.96 bits per heavy atom. The third-order valence-electron chi connectivity index (χ3n) is 5.12. The van der Waals surface area contributed by atoms with Crippen LogP contribution >= 0.6 is 0 Å². The number of carbonyl (C=O) groups is 1. The van der Waals surface area contributed by atoms with E-state index in [9.17, 15) is 4.79 Å². The van der Waals surface area contributed by atoms with E-state index in [1.165, 1.54) is 19.3 Å². The Kier molecular flexibility index (Phi) is 5.71. The van der Waals surface area contributed by atoms with Crippen molar-refractivity contribution < 1.29 is 9.53 Å². The van der Waals surface area contributed by atoms with Crippen molar-refractivity contribution in [3.8, 4) is 0 Å². The van der Waals surface area contributed by atoms with Crippen LogP contribution in [0.2, 0.25) is 0 Å². The summed E-state index contributed by atoms with van der Waals surface area (Å²) >= 11 is 0. The second-order valence-electron chi connectivity index (χ2n) is 6.85. The largest absolute Gasteiger partial charge is 0.450 e. The van der Waals surface area contributed by atoms with Gasteiger partial charge in [-0.2, -0.15) is 0 Å². The average molecular weight is 335 g/mol. The Balaban J connectivity index is 1.64. The molecule has 2 aliphatic heterocycles. The van der Waals surface area contributed by atoms with Gasteiger partial charge in [0.2, 0.25) is 0 Å². The van der Waals surface area contributed by atoms with Gasteiger partial charge in [0.25, 0.3) is 0 Å². The van der Waals surface area contributed by atoms with Crippen molar-refractivity contribution >= 4 is 6.09 Å². The first-order valence-electron chi connectivity index (χ1n) is 9.21. The molecule has 7 nitrogen and oxygen atoms in total. The number of hydrogen-bond acceptors (Lipinski definition) is 5. The summed E-state index contributed by atoms with van der Waals surface area (Å²) in [6.07, 6.45) is 5.72. The van der Waals surface area contributed by atoms with Crippen LogP contribution in [-0.4, -0.2) is 63.4 Å². The fourth-order valence-electron chi connectivity index (χ4n) is 3.75. The van der Waals surface area contributed by atoms with Crippen molar-refractivity contribution in [3.05, 3.63) is 11.6 Å². The first kappa shape index (κ1) is 17.2. The van der Waals surface area contributed by atoms with Gasteiger partial charge in [0.05, 0.1) is 13.2 Å². The fourth-order valence-corrected chi connectivity index (χ4v) is 3.75. The molecule has 3 heterocycles. The van der Waals surface area contributed by atoms with Crippen LogP contribution in [0.4, 0.5) is 4.79 Å². The summed E-state index contributed by atoms with van der Waals surface area (Å²) in [6, 6.07) is 0. The Morgan fingerprint density at radius 1 is 1.17 bits per heavy atom. The number of rotatable bonds is 4. The zero-order valence-electron chi connectivity index (χ0n) is 14.9. The third kappa shape index (κ3) is 3.88. The molecule has 0 bridgehead atoms. The van der Waals surface area contributed by atoms with Crippen molar-refractivity contribution in [3.63, 3.8) is 0 Å². The van der Waals surface area contributed by atoms with E-state index >= 15 is 0 Å². The maximum absolute atomic E-state index is 12.0. The van der Waals surface area contributed by atoms with Crippen LogP contribution in [0.25, 0.3) is 0 Å². The minimum absolute atomic E-state index is 0.210. The molecule has 134 valence electrons. The Hall–Kier alpha value is -1.63. The monoisotopic (exact) mass is 335 g/mol. The van der Waals surface area contributed by atoms with Crippen molar-refractivity contribution in [1.82, 2.24) is 24.6 Å². The van der Waals surface area contributed by atoms with E-state index in [2.05, 4.69) is 26.7 Å². The van der Waals surface area contributed by atoms with Crippen molar-refractivity contribution in [2.45, 2.75) is 51.5 Å². The standard InChI is InChI=1S/C17H29N5O2/c1-3-24-17(23)22-11-7-8-14(12-22)16-19-18-15(20(16)2)13-21-9-5-4-6-10-21/h14H,3-13H2,1-2H3/t14-/m1/s1. The van der Waals surface area contributed by atoms with Gasteiger partial charge in [0.15, 0.2) is 0 Å². The SMILES string of the molecule is CCOC(=O)N1CCC[C@@H](c2nnc(CN3CCCCC3)n2C)C1. The van der Waals surface area contributed by atoms with E-state index in [1.54, 1.807) is 4.90 Å². The number of carbonyl (C=O) groups excluding carboxylic acids is 1. The lowest BCUT2D eigenvalue weighted by atomic mass is 9.97. The summed E-state index contributed by atoms with van der Waals surface area (Å²) in [6.45, 7) is 6.89. The molecule has 0 spiro atoms. The van der Waals surface area contributed by atoms with Crippen molar-refractivity contribution in [2.24, 2.45) is 7.05 Å². The molecule has 0 radical (unpaired) electrons. The molecule has 0 N–H and O–H groups in total. The second kappa shape index (κ2) is 7.96. The van der Waals surface area contributed by atoms with Gasteiger partial charge in [0.1, 0.15) is 11.6 Å². The highest BCUT2D eigenvalue weighted by Gasteiger charge is 2.29. The molecular formula is C17H29N5O2. The van der Waals surface area contributed by atoms with Crippen LogP contribution in [0, 0.1) is 0 Å². The van der Waals surface area contributed by atoms with Gasteiger partial charge < -0.3 is 14.2 Å². The predicted octanol–water partition coefficient (Wildman–Crippen LogP) is 2.14. The molecule has 1 atom stereocenters. The summed E-state index contributed by atoms with van der Waals surface area (Å²) in [5.41, 5.74) is 0. The summed E-state index contributed by atoms with van der Waals surface area (Å²) in [4.78, 5) is 16.2. The Labute approximate surface area is 144 Å². The maximum atomic E-state index is 12.0. The highest BCUT2D eigenvalue weighted by Crippen LogP contribution is 2.26. The number of ether oxygens (including phenoxy) is 1. The van der Waals surface area contributed by atoms with Gasteiger partial charge in [-0.05, 0) is 45.7 Å². The zero-order valence-corrected chi connectivity index (χ0v) is 14.9. The molecule has 0 unspecified atom stereocenters. The smallest absolute Gasteiger partial charge is 0.409 e. The third-order valence-corrected chi connectivity index (χ3v) is 5.12. The minimum Gasteiger partial charge on any atom is -0.450 e. The molecule has 2 saturated heterocycles. The Bertz CT molecular complexity index is 553. The molecule has 0 saturated carbocycles. The first-order valence-corrected chi connectivity index (χ1v) is 9.21. The summed E-state index contributed by atoms with van der Waals surface area (Å²) < 4.78 is 7.27. The number of piperidine rings is 2. The number of amides is 1. The predicted molar refractivity (Wildman–Crippen MR) is 90.7 cm³/mol. The molecule has 0 aromatic carbocycles. The molecule has 24 heavy (non-hydrogen) atoms. The molecule has 3 rings (SSSR count). The van der Waals surface area contributed by atoms with Gasteiger partial charge in [-0.3, -0.25) is 4.90 Å². The average Bonchev–Trinajstić information content (AvgIpc) is 2.97. The van der Waals surface area contributed by atoms with Crippen LogP contribution in [0.15, 0.2) is 0 Å². The quantitative estimate of drug-likeness (QED) is 0.843. The molecule has 1 aromatic heterocycles. The van der Waals surface area contributed by atoms with Crippen LogP contribution < -0.4 is 0 Å². The molecule has 2 fully saturated rings. The minimum atomic E-state index is -0.210. The second-order valence-corrected chi connectivity index (χ2v) is 6.85. The van der Waals surface area contributed by atoms with Crippen molar-refractivity contribution in [1.29, 1.82) is 0 Å². The van der Waals surface area contributed by atoms with Crippen LogP contribution in [0.1, 0.15) is 56.6 Å². The fraction of sp³-hybridized carbons (Fsp3) is 0.824. The number of likely N-dealkylation sites (tertiary alicyclic amines) is 2. The van der Waals surface area contributed by atoms with E-state index in [0.717, 1.165) is 50.7 Å². The molecule has 7 heteroatoms. The highest BCUT2D eigenvalue weighted by atomic mass is 16.6.